The molecule has 5 heteroatoms. The van der Waals surface area contributed by atoms with Gasteiger partial charge in [-0.05, 0) is 22.0 Å². The van der Waals surface area contributed by atoms with Crippen LogP contribution in [-0.2, 0) is 6.42 Å². The molecule has 15 heavy (non-hydrogen) atoms. The largest absolute Gasteiger partial charge is 0.244 e. The first-order valence-electron chi connectivity index (χ1n) is 4.58. The molecule has 2 rings (SSSR count). The first kappa shape index (κ1) is 10.2. The molecule has 0 saturated carbocycles. The van der Waals surface area contributed by atoms with Gasteiger partial charge in [-0.1, -0.05) is 6.92 Å². The van der Waals surface area contributed by atoms with E-state index < -0.39 is 0 Å². The lowest BCUT2D eigenvalue weighted by Crippen LogP contribution is -1.96. The summed E-state index contributed by atoms with van der Waals surface area (Å²) in [6.07, 6.45) is 5.78. The van der Waals surface area contributed by atoms with E-state index in [0.717, 1.165) is 28.1 Å². The minimum atomic E-state index is 0.785. The van der Waals surface area contributed by atoms with Gasteiger partial charge < -0.3 is 0 Å². The molecule has 0 aromatic carbocycles. The van der Waals surface area contributed by atoms with E-state index in [-0.39, 0.29) is 0 Å². The highest BCUT2D eigenvalue weighted by molar-refractivity contribution is 9.10. The van der Waals surface area contributed by atoms with Crippen LogP contribution in [0.5, 0.6) is 0 Å². The fourth-order valence-corrected chi connectivity index (χ4v) is 1.62. The summed E-state index contributed by atoms with van der Waals surface area (Å²) in [5.41, 5.74) is 1.74. The summed E-state index contributed by atoms with van der Waals surface area (Å²) in [7, 11) is 0. The molecule has 76 valence electrons. The van der Waals surface area contributed by atoms with Crippen molar-refractivity contribution < 1.29 is 0 Å². The Bertz CT molecular complexity index is 458. The molecule has 0 aliphatic carbocycles. The summed E-state index contributed by atoms with van der Waals surface area (Å²) >= 11 is 3.36. The van der Waals surface area contributed by atoms with Crippen molar-refractivity contribution in [1.29, 1.82) is 0 Å². The number of aryl methyl sites for hydroxylation is 1. The summed E-state index contributed by atoms with van der Waals surface area (Å²) in [6.45, 7) is 2.02. The molecule has 0 unspecified atom stereocenters. The van der Waals surface area contributed by atoms with E-state index in [0.29, 0.717) is 0 Å². The van der Waals surface area contributed by atoms with Crippen molar-refractivity contribution in [1.82, 2.24) is 19.9 Å². The van der Waals surface area contributed by atoms with Crippen LogP contribution in [0, 0.1) is 0 Å². The van der Waals surface area contributed by atoms with Crippen molar-refractivity contribution in [3.63, 3.8) is 0 Å². The Kier molecular flexibility index (Phi) is 3.01. The summed E-state index contributed by atoms with van der Waals surface area (Å²) in [5, 5.41) is 0. The van der Waals surface area contributed by atoms with E-state index in [9.17, 15) is 0 Å². The van der Waals surface area contributed by atoms with Crippen LogP contribution in [0.3, 0.4) is 0 Å². The van der Waals surface area contributed by atoms with Crippen LogP contribution in [0.1, 0.15) is 12.7 Å². The first-order chi connectivity index (χ1) is 7.29. The van der Waals surface area contributed by atoms with Crippen LogP contribution in [-0.4, -0.2) is 19.9 Å². The molecule has 2 aromatic heterocycles. The second-order valence-electron chi connectivity index (χ2n) is 2.97. The Morgan fingerprint density at radius 2 is 1.93 bits per heavy atom. The fraction of sp³-hybridized carbons (Fsp3) is 0.200. The predicted molar refractivity (Wildman–Crippen MR) is 60.1 cm³/mol. The molecule has 0 aliphatic rings. The topological polar surface area (TPSA) is 51.6 Å². The standard InChI is InChI=1S/C10H9BrN4/c1-2-10-14-8(3-9(11)15-10)7-4-12-6-13-5-7/h3-6H,2H2,1H3. The molecule has 0 radical (unpaired) electrons. The molecule has 0 spiro atoms. The average molecular weight is 265 g/mol. The van der Waals surface area contributed by atoms with Gasteiger partial charge in [0.05, 0.1) is 5.69 Å². The lowest BCUT2D eigenvalue weighted by Gasteiger charge is -2.02. The maximum absolute atomic E-state index is 4.40. The summed E-state index contributed by atoms with van der Waals surface area (Å²) in [4.78, 5) is 16.6. The van der Waals surface area contributed by atoms with Crippen LogP contribution < -0.4 is 0 Å². The van der Waals surface area contributed by atoms with Crippen LogP contribution >= 0.6 is 15.9 Å². The first-order valence-corrected chi connectivity index (χ1v) is 5.37. The smallest absolute Gasteiger partial charge is 0.130 e. The van der Waals surface area contributed by atoms with Crippen molar-refractivity contribution in [3.05, 3.63) is 35.2 Å². The molecular weight excluding hydrogens is 256 g/mol. The maximum Gasteiger partial charge on any atom is 0.130 e. The Hall–Kier alpha value is -1.36. The number of aromatic nitrogens is 4. The molecular formula is C10H9BrN4. The molecule has 0 N–H and O–H groups in total. The third-order valence-corrected chi connectivity index (χ3v) is 2.32. The number of nitrogens with zero attached hydrogens (tertiary/aromatic N) is 4. The van der Waals surface area contributed by atoms with Crippen LogP contribution in [0.25, 0.3) is 11.3 Å². The maximum atomic E-state index is 4.40. The Morgan fingerprint density at radius 3 is 2.60 bits per heavy atom. The van der Waals surface area contributed by atoms with E-state index in [1.807, 2.05) is 13.0 Å². The third kappa shape index (κ3) is 2.36. The average Bonchev–Trinajstić information content (AvgIpc) is 2.29. The van der Waals surface area contributed by atoms with Gasteiger partial charge in [-0.3, -0.25) is 0 Å². The predicted octanol–water partition coefficient (Wildman–Crippen LogP) is 2.26. The van der Waals surface area contributed by atoms with Crippen LogP contribution in [0.2, 0.25) is 0 Å². The highest BCUT2D eigenvalue weighted by Gasteiger charge is 2.04. The van der Waals surface area contributed by atoms with Crippen molar-refractivity contribution in [3.8, 4) is 11.3 Å². The summed E-state index contributed by atoms with van der Waals surface area (Å²) in [6, 6.07) is 1.86. The van der Waals surface area contributed by atoms with E-state index in [4.69, 9.17) is 0 Å². The van der Waals surface area contributed by atoms with Crippen LogP contribution in [0.15, 0.2) is 29.4 Å². The van der Waals surface area contributed by atoms with Gasteiger partial charge in [0.25, 0.3) is 0 Å². The van der Waals surface area contributed by atoms with Gasteiger partial charge in [-0.15, -0.1) is 0 Å². The van der Waals surface area contributed by atoms with Gasteiger partial charge in [-0.2, -0.15) is 0 Å². The van der Waals surface area contributed by atoms with Crippen molar-refractivity contribution in [2.24, 2.45) is 0 Å². The molecule has 0 atom stereocenters. The molecule has 0 fully saturated rings. The summed E-state index contributed by atoms with van der Waals surface area (Å²) < 4.78 is 0.785. The molecule has 0 bridgehead atoms. The minimum Gasteiger partial charge on any atom is -0.244 e. The van der Waals surface area contributed by atoms with Gasteiger partial charge in [0.1, 0.15) is 16.8 Å². The Labute approximate surface area is 96.0 Å². The summed E-state index contributed by atoms with van der Waals surface area (Å²) in [5.74, 6) is 0.809. The van der Waals surface area contributed by atoms with Crippen molar-refractivity contribution >= 4 is 15.9 Å². The number of rotatable bonds is 2. The second kappa shape index (κ2) is 4.44. The minimum absolute atomic E-state index is 0.785. The zero-order valence-corrected chi connectivity index (χ0v) is 9.77. The lowest BCUT2D eigenvalue weighted by molar-refractivity contribution is 0.930. The third-order valence-electron chi connectivity index (χ3n) is 1.91. The van der Waals surface area contributed by atoms with Crippen molar-refractivity contribution in [2.45, 2.75) is 13.3 Å². The quantitative estimate of drug-likeness (QED) is 0.781. The van der Waals surface area contributed by atoms with Gasteiger partial charge in [0, 0.05) is 24.4 Å². The van der Waals surface area contributed by atoms with E-state index >= 15 is 0 Å². The van der Waals surface area contributed by atoms with Gasteiger partial charge in [-0.25, -0.2) is 19.9 Å². The molecule has 0 aliphatic heterocycles. The highest BCUT2D eigenvalue weighted by Crippen LogP contribution is 2.18. The normalized spacial score (nSPS) is 10.3. The monoisotopic (exact) mass is 264 g/mol. The number of hydrogen-bond acceptors (Lipinski definition) is 4. The zero-order chi connectivity index (χ0) is 10.7. The van der Waals surface area contributed by atoms with E-state index in [1.165, 1.54) is 6.33 Å². The molecule has 0 amide bonds. The molecule has 4 nitrogen and oxygen atoms in total. The molecule has 0 saturated heterocycles. The number of hydrogen-bond donors (Lipinski definition) is 0. The second-order valence-corrected chi connectivity index (χ2v) is 3.79. The van der Waals surface area contributed by atoms with E-state index in [2.05, 4.69) is 35.9 Å². The van der Waals surface area contributed by atoms with Gasteiger partial charge in [0.2, 0.25) is 0 Å². The number of halogens is 1. The Balaban J connectivity index is 2.49. The van der Waals surface area contributed by atoms with Crippen molar-refractivity contribution in [2.75, 3.05) is 0 Å². The highest BCUT2D eigenvalue weighted by atomic mass is 79.9. The fourth-order valence-electron chi connectivity index (χ4n) is 1.20. The molecule has 2 heterocycles. The van der Waals surface area contributed by atoms with E-state index in [1.54, 1.807) is 12.4 Å². The van der Waals surface area contributed by atoms with Gasteiger partial charge >= 0.3 is 0 Å². The van der Waals surface area contributed by atoms with Gasteiger partial charge in [0.15, 0.2) is 0 Å². The molecule has 2 aromatic rings. The lowest BCUT2D eigenvalue weighted by atomic mass is 10.2. The zero-order valence-electron chi connectivity index (χ0n) is 8.18. The Morgan fingerprint density at radius 1 is 1.20 bits per heavy atom. The SMILES string of the molecule is CCc1nc(Br)cc(-c2cncnc2)n1. The van der Waals surface area contributed by atoms with Crippen LogP contribution in [0.4, 0.5) is 0 Å².